The summed E-state index contributed by atoms with van der Waals surface area (Å²) in [6.07, 6.45) is 5.06. The van der Waals surface area contributed by atoms with Crippen LogP contribution in [0.4, 0.5) is 0 Å². The number of aliphatic hydroxyl groups is 1. The minimum atomic E-state index is -0.0140. The molecule has 104 valence electrons. The maximum Gasteiger partial charge on any atom is 0.254 e. The number of rotatable bonds is 3. The molecule has 1 amide bonds. The minimum absolute atomic E-state index is 0.0140. The van der Waals surface area contributed by atoms with Crippen molar-refractivity contribution >= 4 is 5.91 Å². The van der Waals surface area contributed by atoms with E-state index in [1.54, 1.807) is 0 Å². The first-order valence-corrected chi connectivity index (χ1v) is 7.27. The van der Waals surface area contributed by atoms with Gasteiger partial charge in [0.15, 0.2) is 0 Å². The summed E-state index contributed by atoms with van der Waals surface area (Å²) in [7, 11) is 0. The van der Waals surface area contributed by atoms with Crippen molar-refractivity contribution in [2.24, 2.45) is 0 Å². The van der Waals surface area contributed by atoms with Gasteiger partial charge in [0, 0.05) is 12.1 Å². The fourth-order valence-electron chi connectivity index (χ4n) is 2.83. The number of nitrogens with zero attached hydrogens (tertiary/aromatic N) is 1. The molecule has 1 unspecified atom stereocenters. The normalized spacial score (nSPS) is 20.1. The summed E-state index contributed by atoms with van der Waals surface area (Å²) in [5.41, 5.74) is 1.89. The van der Waals surface area contributed by atoms with Gasteiger partial charge < -0.3 is 10.0 Å². The van der Waals surface area contributed by atoms with Crippen LogP contribution in [0.5, 0.6) is 0 Å². The third kappa shape index (κ3) is 3.16. The molecule has 3 heteroatoms. The SMILES string of the molecule is CCc1ccccc1C(=O)N1CCCCCC1CO. The lowest BCUT2D eigenvalue weighted by molar-refractivity contribution is 0.0599. The second-order valence-corrected chi connectivity index (χ2v) is 5.19. The van der Waals surface area contributed by atoms with Crippen molar-refractivity contribution < 1.29 is 9.90 Å². The molecule has 1 heterocycles. The van der Waals surface area contributed by atoms with Crippen LogP contribution in [0.25, 0.3) is 0 Å². The topological polar surface area (TPSA) is 40.5 Å². The lowest BCUT2D eigenvalue weighted by atomic mass is 10.0. The molecule has 0 aromatic heterocycles. The van der Waals surface area contributed by atoms with Gasteiger partial charge in [-0.2, -0.15) is 0 Å². The van der Waals surface area contributed by atoms with Gasteiger partial charge >= 0.3 is 0 Å². The van der Waals surface area contributed by atoms with E-state index < -0.39 is 0 Å². The van der Waals surface area contributed by atoms with Crippen molar-refractivity contribution in [3.63, 3.8) is 0 Å². The number of carbonyl (C=O) groups excluding carboxylic acids is 1. The summed E-state index contributed by atoms with van der Waals surface area (Å²) in [5, 5.41) is 9.51. The van der Waals surface area contributed by atoms with Crippen LogP contribution in [-0.4, -0.2) is 35.1 Å². The average Bonchev–Trinajstić information content (AvgIpc) is 2.71. The van der Waals surface area contributed by atoms with Crippen molar-refractivity contribution in [3.8, 4) is 0 Å². The Kier molecular flexibility index (Phi) is 4.97. The quantitative estimate of drug-likeness (QED) is 0.908. The van der Waals surface area contributed by atoms with E-state index in [4.69, 9.17) is 0 Å². The molecule has 1 fully saturated rings. The van der Waals surface area contributed by atoms with Gasteiger partial charge in [0.05, 0.1) is 12.6 Å². The van der Waals surface area contributed by atoms with Gasteiger partial charge in [0.2, 0.25) is 0 Å². The largest absolute Gasteiger partial charge is 0.394 e. The molecule has 3 nitrogen and oxygen atoms in total. The molecule has 1 N–H and O–H groups in total. The van der Waals surface area contributed by atoms with Gasteiger partial charge in [-0.05, 0) is 30.9 Å². The monoisotopic (exact) mass is 261 g/mol. The molecule has 0 bridgehead atoms. The standard InChI is InChI=1S/C16H23NO2/c1-2-13-8-5-6-10-15(13)16(19)17-11-7-3-4-9-14(17)12-18/h5-6,8,10,14,18H,2-4,7,9,11-12H2,1H3. The van der Waals surface area contributed by atoms with Crippen molar-refractivity contribution in [1.82, 2.24) is 4.90 Å². The maximum atomic E-state index is 12.7. The summed E-state index contributed by atoms with van der Waals surface area (Å²) in [6.45, 7) is 2.90. The number of aliphatic hydroxyl groups excluding tert-OH is 1. The van der Waals surface area contributed by atoms with Crippen LogP contribution in [-0.2, 0) is 6.42 Å². The summed E-state index contributed by atoms with van der Waals surface area (Å²) in [4.78, 5) is 14.6. The van der Waals surface area contributed by atoms with E-state index in [1.807, 2.05) is 29.2 Å². The van der Waals surface area contributed by atoms with E-state index in [2.05, 4.69) is 6.92 Å². The van der Waals surface area contributed by atoms with Gasteiger partial charge in [-0.25, -0.2) is 0 Å². The Labute approximate surface area is 115 Å². The van der Waals surface area contributed by atoms with Crippen LogP contribution < -0.4 is 0 Å². The lowest BCUT2D eigenvalue weighted by Crippen LogP contribution is -2.42. The summed E-state index contributed by atoms with van der Waals surface area (Å²) in [6, 6.07) is 7.79. The van der Waals surface area contributed by atoms with E-state index in [9.17, 15) is 9.90 Å². The number of carbonyl (C=O) groups is 1. The zero-order chi connectivity index (χ0) is 13.7. The Bertz CT molecular complexity index is 431. The molecule has 0 aliphatic carbocycles. The van der Waals surface area contributed by atoms with Gasteiger partial charge in [-0.3, -0.25) is 4.79 Å². The molecule has 0 saturated carbocycles. The van der Waals surface area contributed by atoms with Crippen molar-refractivity contribution in [1.29, 1.82) is 0 Å². The van der Waals surface area contributed by atoms with E-state index >= 15 is 0 Å². The molecule has 19 heavy (non-hydrogen) atoms. The first kappa shape index (κ1) is 14.1. The molecular weight excluding hydrogens is 238 g/mol. The molecule has 0 radical (unpaired) electrons. The van der Waals surface area contributed by atoms with Crippen LogP contribution in [0, 0.1) is 0 Å². The minimum Gasteiger partial charge on any atom is -0.394 e. The first-order chi connectivity index (χ1) is 9.27. The predicted molar refractivity (Wildman–Crippen MR) is 76.2 cm³/mol. The number of amides is 1. The number of benzene rings is 1. The maximum absolute atomic E-state index is 12.7. The number of aryl methyl sites for hydroxylation is 1. The summed E-state index contributed by atoms with van der Waals surface area (Å²) >= 11 is 0. The number of likely N-dealkylation sites (tertiary alicyclic amines) is 1. The highest BCUT2D eigenvalue weighted by atomic mass is 16.3. The Morgan fingerprint density at radius 1 is 1.32 bits per heavy atom. The third-order valence-electron chi connectivity index (χ3n) is 3.98. The van der Waals surface area contributed by atoms with E-state index in [-0.39, 0.29) is 18.6 Å². The van der Waals surface area contributed by atoms with Crippen LogP contribution in [0.3, 0.4) is 0 Å². The summed E-state index contributed by atoms with van der Waals surface area (Å²) in [5.74, 6) is 0.0819. The number of hydrogen-bond donors (Lipinski definition) is 1. The smallest absolute Gasteiger partial charge is 0.254 e. The predicted octanol–water partition coefficient (Wildman–Crippen LogP) is 2.63. The van der Waals surface area contributed by atoms with E-state index in [1.165, 1.54) is 0 Å². The summed E-state index contributed by atoms with van der Waals surface area (Å²) < 4.78 is 0. The molecule has 1 atom stereocenters. The van der Waals surface area contributed by atoms with E-state index in [0.29, 0.717) is 0 Å². The third-order valence-corrected chi connectivity index (χ3v) is 3.98. The molecule has 1 aromatic carbocycles. The van der Waals surface area contributed by atoms with E-state index in [0.717, 1.165) is 49.8 Å². The van der Waals surface area contributed by atoms with Crippen LogP contribution in [0.1, 0.15) is 48.5 Å². The molecular formula is C16H23NO2. The Hall–Kier alpha value is -1.35. The van der Waals surface area contributed by atoms with Gasteiger partial charge in [0.1, 0.15) is 0 Å². The van der Waals surface area contributed by atoms with Crippen LogP contribution in [0.2, 0.25) is 0 Å². The Morgan fingerprint density at radius 2 is 2.11 bits per heavy atom. The first-order valence-electron chi connectivity index (χ1n) is 7.27. The second-order valence-electron chi connectivity index (χ2n) is 5.19. The van der Waals surface area contributed by atoms with Gasteiger partial charge in [-0.1, -0.05) is 38.0 Å². The van der Waals surface area contributed by atoms with Crippen LogP contribution in [0.15, 0.2) is 24.3 Å². The van der Waals surface area contributed by atoms with Crippen molar-refractivity contribution in [2.75, 3.05) is 13.2 Å². The zero-order valence-electron chi connectivity index (χ0n) is 11.6. The fourth-order valence-corrected chi connectivity index (χ4v) is 2.83. The molecule has 1 aliphatic heterocycles. The van der Waals surface area contributed by atoms with Crippen molar-refractivity contribution in [2.45, 2.75) is 45.1 Å². The highest BCUT2D eigenvalue weighted by Gasteiger charge is 2.26. The fraction of sp³-hybridized carbons (Fsp3) is 0.562. The van der Waals surface area contributed by atoms with Crippen LogP contribution >= 0.6 is 0 Å². The average molecular weight is 261 g/mol. The molecule has 0 spiro atoms. The Morgan fingerprint density at radius 3 is 2.84 bits per heavy atom. The van der Waals surface area contributed by atoms with Gasteiger partial charge in [0.25, 0.3) is 5.91 Å². The second kappa shape index (κ2) is 6.71. The van der Waals surface area contributed by atoms with Gasteiger partial charge in [-0.15, -0.1) is 0 Å². The molecule has 1 aliphatic rings. The number of hydrogen-bond acceptors (Lipinski definition) is 2. The molecule has 1 aromatic rings. The molecule has 1 saturated heterocycles. The highest BCUT2D eigenvalue weighted by Crippen LogP contribution is 2.21. The lowest BCUT2D eigenvalue weighted by Gasteiger charge is -2.29. The molecule has 2 rings (SSSR count). The Balaban J connectivity index is 2.25. The zero-order valence-corrected chi connectivity index (χ0v) is 11.6. The highest BCUT2D eigenvalue weighted by molar-refractivity contribution is 5.96. The van der Waals surface area contributed by atoms with Crippen molar-refractivity contribution in [3.05, 3.63) is 35.4 Å².